The van der Waals surface area contributed by atoms with Gasteiger partial charge in [0.15, 0.2) is 5.78 Å². The van der Waals surface area contributed by atoms with Crippen molar-refractivity contribution in [2.75, 3.05) is 18.9 Å². The van der Waals surface area contributed by atoms with Gasteiger partial charge in [0.05, 0.1) is 6.04 Å². The van der Waals surface area contributed by atoms with Crippen molar-refractivity contribution in [1.82, 2.24) is 20.5 Å². The fourth-order valence-electron chi connectivity index (χ4n) is 6.30. The molecule has 2 heterocycles. The van der Waals surface area contributed by atoms with Crippen LogP contribution in [0.2, 0.25) is 0 Å². The van der Waals surface area contributed by atoms with E-state index >= 15 is 0 Å². The molecule has 1 aliphatic rings. The highest BCUT2D eigenvalue weighted by molar-refractivity contribution is 5.97. The summed E-state index contributed by atoms with van der Waals surface area (Å²) in [5, 5.41) is 9.68. The van der Waals surface area contributed by atoms with Crippen LogP contribution in [-0.2, 0) is 25.5 Å². The van der Waals surface area contributed by atoms with E-state index in [2.05, 4.69) is 20.9 Å². The third-order valence-corrected chi connectivity index (χ3v) is 8.72. The summed E-state index contributed by atoms with van der Waals surface area (Å²) in [5.74, 6) is -0.506. The molecule has 1 aliphatic heterocycles. The number of rotatable bonds is 11. The van der Waals surface area contributed by atoms with Crippen LogP contribution in [0.5, 0.6) is 0 Å². The third kappa shape index (κ3) is 8.75. The Bertz CT molecular complexity index is 1790. The number of ketones is 1. The van der Waals surface area contributed by atoms with E-state index in [1.807, 2.05) is 92.7 Å². The van der Waals surface area contributed by atoms with E-state index in [4.69, 9.17) is 4.74 Å². The lowest BCUT2D eigenvalue weighted by Crippen LogP contribution is -2.48. The zero-order valence-electron chi connectivity index (χ0n) is 29.1. The lowest BCUT2D eigenvalue weighted by Gasteiger charge is -2.28. The summed E-state index contributed by atoms with van der Waals surface area (Å²) in [7, 11) is 1.77. The number of anilines is 1. The van der Waals surface area contributed by atoms with E-state index in [0.29, 0.717) is 18.7 Å². The average molecular weight is 666 g/mol. The van der Waals surface area contributed by atoms with Gasteiger partial charge in [0.25, 0.3) is 0 Å². The maximum Gasteiger partial charge on any atom is 0.408 e. The van der Waals surface area contributed by atoms with Gasteiger partial charge in [0.2, 0.25) is 11.8 Å². The molecular weight excluding hydrogens is 618 g/mol. The lowest BCUT2D eigenvalue weighted by molar-refractivity contribution is -0.139. The Balaban J connectivity index is 1.23. The second-order valence-corrected chi connectivity index (χ2v) is 14.0. The van der Waals surface area contributed by atoms with Gasteiger partial charge in [0.1, 0.15) is 17.7 Å². The number of carbonyl (C=O) groups excluding carboxylic acids is 4. The molecule has 0 radical (unpaired) electrons. The highest BCUT2D eigenvalue weighted by Crippen LogP contribution is 2.28. The predicted molar refractivity (Wildman–Crippen MR) is 192 cm³/mol. The van der Waals surface area contributed by atoms with Crippen LogP contribution < -0.4 is 16.0 Å². The number of H-pyrrole nitrogens is 1. The van der Waals surface area contributed by atoms with Crippen LogP contribution in [0.25, 0.3) is 22.2 Å². The summed E-state index contributed by atoms with van der Waals surface area (Å²) in [6.07, 6.45) is 1.08. The summed E-state index contributed by atoms with van der Waals surface area (Å²) in [6.45, 7) is 9.61. The number of carbonyl (C=O) groups is 4. The molecule has 5 rings (SSSR count). The minimum Gasteiger partial charge on any atom is -0.444 e. The molecule has 3 amide bonds. The van der Waals surface area contributed by atoms with Gasteiger partial charge < -0.3 is 30.6 Å². The summed E-state index contributed by atoms with van der Waals surface area (Å²) < 4.78 is 5.33. The van der Waals surface area contributed by atoms with Crippen molar-refractivity contribution in [2.24, 2.45) is 5.92 Å². The van der Waals surface area contributed by atoms with E-state index in [1.165, 1.54) is 0 Å². The molecule has 0 spiro atoms. The number of nitrogens with zero attached hydrogens (tertiary/aromatic N) is 1. The van der Waals surface area contributed by atoms with E-state index < -0.39 is 29.8 Å². The second-order valence-electron chi connectivity index (χ2n) is 14.0. The monoisotopic (exact) mass is 665 g/mol. The van der Waals surface area contributed by atoms with Crippen LogP contribution in [0.4, 0.5) is 10.5 Å². The second kappa shape index (κ2) is 15.1. The number of hydrogen-bond acceptors (Lipinski definition) is 6. The molecule has 4 N–H and O–H groups in total. The van der Waals surface area contributed by atoms with E-state index in [9.17, 15) is 19.2 Å². The molecule has 4 aromatic rings. The van der Waals surface area contributed by atoms with Crippen LogP contribution in [0, 0.1) is 5.92 Å². The molecule has 0 bridgehead atoms. The highest BCUT2D eigenvalue weighted by atomic mass is 16.6. The molecule has 1 fully saturated rings. The molecule has 10 nitrogen and oxygen atoms in total. The van der Waals surface area contributed by atoms with Crippen molar-refractivity contribution < 1.29 is 23.9 Å². The molecule has 1 aromatic heterocycles. The van der Waals surface area contributed by atoms with E-state index in [1.54, 1.807) is 32.7 Å². The van der Waals surface area contributed by atoms with Gasteiger partial charge in [-0.15, -0.1) is 0 Å². The number of aromatic amines is 1. The number of amides is 3. The smallest absolute Gasteiger partial charge is 0.408 e. The number of aromatic nitrogens is 1. The molecular formula is C39H47N5O5. The maximum absolute atomic E-state index is 13.6. The Kier molecular flexibility index (Phi) is 10.9. The molecule has 0 saturated carbocycles. The molecule has 1 saturated heterocycles. The largest absolute Gasteiger partial charge is 0.444 e. The van der Waals surface area contributed by atoms with E-state index in [-0.39, 0.29) is 29.9 Å². The molecule has 49 heavy (non-hydrogen) atoms. The molecule has 0 unspecified atom stereocenters. The summed E-state index contributed by atoms with van der Waals surface area (Å²) in [4.78, 5) is 57.6. The minimum atomic E-state index is -0.763. The first-order chi connectivity index (χ1) is 23.3. The van der Waals surface area contributed by atoms with E-state index in [0.717, 1.165) is 39.7 Å². The lowest BCUT2D eigenvalue weighted by atomic mass is 9.99. The van der Waals surface area contributed by atoms with Gasteiger partial charge in [-0.2, -0.15) is 0 Å². The minimum absolute atomic E-state index is 0.0440. The van der Waals surface area contributed by atoms with Gasteiger partial charge in [-0.3, -0.25) is 14.4 Å². The Morgan fingerprint density at radius 1 is 0.959 bits per heavy atom. The third-order valence-electron chi connectivity index (χ3n) is 8.72. The maximum atomic E-state index is 13.6. The summed E-state index contributed by atoms with van der Waals surface area (Å²) >= 11 is 0. The molecule has 3 aromatic carbocycles. The zero-order chi connectivity index (χ0) is 35.3. The number of likely N-dealkylation sites (tertiary alicyclic amines) is 1. The van der Waals surface area contributed by atoms with Crippen molar-refractivity contribution in [2.45, 2.75) is 77.6 Å². The fraction of sp³-hybridized carbons (Fsp3) is 0.385. The van der Waals surface area contributed by atoms with Crippen molar-refractivity contribution >= 4 is 40.3 Å². The quantitative estimate of drug-likeness (QED) is 0.147. The number of benzene rings is 3. The SMILES string of the molecule is CN[C@@H](C(=O)N1CCC[C@H]1C(=O)Cc1ccc2[nH]c(-c3ccc(NC(=O)[C@H](NC(=O)OC(C)(C)C)C(C)C)cc3)cc2c1)c1ccccc1. The number of Topliss-reactive ketones (excluding diaryl/α,β-unsaturated/α-hetero) is 1. The van der Waals surface area contributed by atoms with Gasteiger partial charge in [-0.1, -0.05) is 62.4 Å². The summed E-state index contributed by atoms with van der Waals surface area (Å²) in [6, 6.07) is 23.4. The van der Waals surface area contributed by atoms with Crippen molar-refractivity contribution in [1.29, 1.82) is 0 Å². The Morgan fingerprint density at radius 2 is 1.67 bits per heavy atom. The van der Waals surface area contributed by atoms with Crippen LogP contribution in [0.15, 0.2) is 78.9 Å². The number of likely N-dealkylation sites (N-methyl/N-ethyl adjacent to an activating group) is 1. The predicted octanol–water partition coefficient (Wildman–Crippen LogP) is 6.39. The molecule has 10 heteroatoms. The van der Waals surface area contributed by atoms with Crippen molar-refractivity contribution in [3.63, 3.8) is 0 Å². The number of fused-ring (bicyclic) bond motifs is 1. The first-order valence-corrected chi connectivity index (χ1v) is 16.9. The van der Waals surface area contributed by atoms with Gasteiger partial charge >= 0.3 is 6.09 Å². The molecule has 0 aliphatic carbocycles. The zero-order valence-corrected chi connectivity index (χ0v) is 29.1. The number of ether oxygens (including phenoxy) is 1. The average Bonchev–Trinajstić information content (AvgIpc) is 3.72. The topological polar surface area (TPSA) is 133 Å². The first-order valence-electron chi connectivity index (χ1n) is 16.9. The fourth-order valence-corrected chi connectivity index (χ4v) is 6.30. The van der Waals surface area contributed by atoms with Gasteiger partial charge in [-0.05, 0) is 93.6 Å². The molecule has 258 valence electrons. The van der Waals surface area contributed by atoms with Crippen LogP contribution in [-0.4, -0.2) is 64.9 Å². The highest BCUT2D eigenvalue weighted by Gasteiger charge is 2.37. The Morgan fingerprint density at radius 3 is 2.33 bits per heavy atom. The normalized spacial score (nSPS) is 16.0. The van der Waals surface area contributed by atoms with Gasteiger partial charge in [0, 0.05) is 35.2 Å². The Labute approximate surface area is 288 Å². The van der Waals surface area contributed by atoms with Crippen molar-refractivity contribution in [3.8, 4) is 11.3 Å². The van der Waals surface area contributed by atoms with Gasteiger partial charge in [-0.25, -0.2) is 4.79 Å². The number of alkyl carbamates (subject to hydrolysis) is 1. The summed E-state index contributed by atoms with van der Waals surface area (Å²) in [5.41, 5.74) is 4.48. The molecule has 3 atom stereocenters. The standard InChI is InChI=1S/C39H47N5O5/c1-24(2)34(43-38(48)49-39(3,4)5)36(46)41-29-17-15-26(16-18-29)31-23-28-21-25(14-19-30(28)42-31)22-33(45)32-13-10-20-44(32)37(47)35(40-6)27-11-8-7-9-12-27/h7-9,11-12,14-19,21,23-24,32,34-35,40,42H,10,13,20,22H2,1-6H3,(H,41,46)(H,43,48)/t32-,34+,35+/m0/s1. The van der Waals surface area contributed by atoms with Crippen LogP contribution in [0.1, 0.15) is 64.6 Å². The van der Waals surface area contributed by atoms with Crippen LogP contribution in [0.3, 0.4) is 0 Å². The number of nitrogens with one attached hydrogen (secondary N) is 4. The first kappa shape index (κ1) is 35.3. The number of hydrogen-bond donors (Lipinski definition) is 4. The Hall–Kier alpha value is -4.96. The van der Waals surface area contributed by atoms with Crippen LogP contribution >= 0.6 is 0 Å². The van der Waals surface area contributed by atoms with Crippen molar-refractivity contribution in [3.05, 3.63) is 90.0 Å².